The van der Waals surface area contributed by atoms with Crippen LogP contribution in [-0.4, -0.2) is 41.7 Å². The number of fused-ring (bicyclic) bond motifs is 1. The van der Waals surface area contributed by atoms with Crippen LogP contribution in [0.2, 0.25) is 5.02 Å². The molecular weight excluding hydrogens is 418 g/mol. The first-order valence-electron chi connectivity index (χ1n) is 11.2. The summed E-state index contributed by atoms with van der Waals surface area (Å²) in [6.45, 7) is 3.32. The number of nitrogens with zero attached hydrogens (tertiary/aromatic N) is 3. The highest BCUT2D eigenvalue weighted by Gasteiger charge is 2.21. The number of methoxy groups -OCH3 is 1. The van der Waals surface area contributed by atoms with Crippen molar-refractivity contribution in [1.29, 1.82) is 0 Å². The van der Waals surface area contributed by atoms with Crippen molar-refractivity contribution in [3.8, 4) is 28.0 Å². The Hall–Kier alpha value is -2.82. The Labute approximate surface area is 194 Å². The van der Waals surface area contributed by atoms with E-state index in [4.69, 9.17) is 16.3 Å². The molecule has 0 aliphatic carbocycles. The van der Waals surface area contributed by atoms with Gasteiger partial charge in [-0.15, -0.1) is 0 Å². The quantitative estimate of drug-likeness (QED) is 0.357. The molecule has 5 rings (SSSR count). The highest BCUT2D eigenvalue weighted by molar-refractivity contribution is 6.30. The van der Waals surface area contributed by atoms with E-state index in [2.05, 4.69) is 58.0 Å². The van der Waals surface area contributed by atoms with Gasteiger partial charge in [-0.25, -0.2) is 0 Å². The van der Waals surface area contributed by atoms with Gasteiger partial charge < -0.3 is 14.2 Å². The van der Waals surface area contributed by atoms with Crippen molar-refractivity contribution in [1.82, 2.24) is 14.5 Å². The van der Waals surface area contributed by atoms with E-state index in [0.29, 0.717) is 5.92 Å². The van der Waals surface area contributed by atoms with Crippen molar-refractivity contribution in [2.75, 3.05) is 27.2 Å². The second-order valence-corrected chi connectivity index (χ2v) is 9.23. The third-order valence-corrected chi connectivity index (χ3v) is 6.70. The van der Waals surface area contributed by atoms with Crippen LogP contribution >= 0.6 is 11.6 Å². The lowest BCUT2D eigenvalue weighted by molar-refractivity contribution is 0.195. The molecule has 0 spiro atoms. The molecule has 1 saturated heterocycles. The highest BCUT2D eigenvalue weighted by atomic mass is 35.5. The summed E-state index contributed by atoms with van der Waals surface area (Å²) in [5.74, 6) is 1.55. The topological polar surface area (TPSA) is 30.3 Å². The van der Waals surface area contributed by atoms with Gasteiger partial charge in [0.05, 0.1) is 12.6 Å². The highest BCUT2D eigenvalue weighted by Crippen LogP contribution is 2.37. The fourth-order valence-electron chi connectivity index (χ4n) is 4.98. The molecule has 0 saturated carbocycles. The predicted octanol–water partition coefficient (Wildman–Crippen LogP) is 6.37. The minimum atomic E-state index is 0.637. The molecule has 0 N–H and O–H groups in total. The summed E-state index contributed by atoms with van der Waals surface area (Å²) in [7, 11) is 3.97. The summed E-state index contributed by atoms with van der Waals surface area (Å²) in [6.07, 6.45) is 8.64. The average Bonchev–Trinajstić information content (AvgIpc) is 3.18. The number of piperidine rings is 1. The Bertz CT molecular complexity index is 1250. The van der Waals surface area contributed by atoms with Crippen LogP contribution in [0.25, 0.3) is 33.2 Å². The normalized spacial score (nSPS) is 17.0. The number of rotatable bonds is 5. The van der Waals surface area contributed by atoms with E-state index in [9.17, 15) is 0 Å². The van der Waals surface area contributed by atoms with Gasteiger partial charge in [0.2, 0.25) is 0 Å². The summed E-state index contributed by atoms with van der Waals surface area (Å²) >= 11 is 6.23. The first kappa shape index (κ1) is 21.0. The number of pyridine rings is 1. The SMILES string of the molecule is COc1cccc2c(-c3cncc(-c4cccc(Cl)c4)c3)cn(CC3CCCN(C)C3)c12. The molecule has 1 atom stereocenters. The number of ether oxygens (including phenoxy) is 1. The lowest BCUT2D eigenvalue weighted by atomic mass is 9.98. The molecular formula is C27H28ClN3O. The largest absolute Gasteiger partial charge is 0.495 e. The molecule has 0 bridgehead atoms. The number of para-hydroxylation sites is 1. The summed E-state index contributed by atoms with van der Waals surface area (Å²) in [5, 5.41) is 1.92. The molecule has 2 aromatic carbocycles. The molecule has 1 aliphatic rings. The van der Waals surface area contributed by atoms with Gasteiger partial charge in [-0.05, 0) is 62.2 Å². The third-order valence-electron chi connectivity index (χ3n) is 6.47. The summed E-state index contributed by atoms with van der Waals surface area (Å²) in [6, 6.07) is 16.4. The average molecular weight is 446 g/mol. The molecule has 1 unspecified atom stereocenters. The Morgan fingerprint density at radius 3 is 2.72 bits per heavy atom. The van der Waals surface area contributed by atoms with Crippen LogP contribution in [0.4, 0.5) is 0 Å². The summed E-state index contributed by atoms with van der Waals surface area (Å²) < 4.78 is 8.16. The van der Waals surface area contributed by atoms with Gasteiger partial charge >= 0.3 is 0 Å². The van der Waals surface area contributed by atoms with Crippen LogP contribution < -0.4 is 4.74 Å². The molecule has 3 heterocycles. The monoisotopic (exact) mass is 445 g/mol. The number of hydrogen-bond donors (Lipinski definition) is 0. The Kier molecular flexibility index (Phi) is 5.90. The zero-order chi connectivity index (χ0) is 22.1. The van der Waals surface area contributed by atoms with E-state index < -0.39 is 0 Å². The zero-order valence-corrected chi connectivity index (χ0v) is 19.3. The number of halogens is 1. The van der Waals surface area contributed by atoms with Gasteiger partial charge in [0.15, 0.2) is 0 Å². The molecule has 1 fully saturated rings. The van der Waals surface area contributed by atoms with E-state index in [-0.39, 0.29) is 0 Å². The van der Waals surface area contributed by atoms with E-state index >= 15 is 0 Å². The van der Waals surface area contributed by atoms with Gasteiger partial charge in [-0.1, -0.05) is 35.9 Å². The van der Waals surface area contributed by atoms with Gasteiger partial charge in [0, 0.05) is 58.8 Å². The van der Waals surface area contributed by atoms with Gasteiger partial charge in [0.25, 0.3) is 0 Å². The van der Waals surface area contributed by atoms with Crippen molar-refractivity contribution in [3.05, 3.63) is 72.1 Å². The van der Waals surface area contributed by atoms with Crippen LogP contribution in [0.5, 0.6) is 5.75 Å². The molecule has 2 aromatic heterocycles. The van der Waals surface area contributed by atoms with Gasteiger partial charge in [-0.2, -0.15) is 0 Å². The van der Waals surface area contributed by atoms with Crippen LogP contribution in [-0.2, 0) is 6.54 Å². The molecule has 164 valence electrons. The maximum absolute atomic E-state index is 6.23. The maximum Gasteiger partial charge on any atom is 0.143 e. The van der Waals surface area contributed by atoms with E-state index in [1.165, 1.54) is 30.3 Å². The van der Waals surface area contributed by atoms with Crippen molar-refractivity contribution in [3.63, 3.8) is 0 Å². The molecule has 0 radical (unpaired) electrons. The van der Waals surface area contributed by atoms with Crippen molar-refractivity contribution >= 4 is 22.5 Å². The lowest BCUT2D eigenvalue weighted by Crippen LogP contribution is -2.33. The Morgan fingerprint density at radius 2 is 1.91 bits per heavy atom. The zero-order valence-electron chi connectivity index (χ0n) is 18.6. The minimum Gasteiger partial charge on any atom is -0.495 e. The van der Waals surface area contributed by atoms with Crippen LogP contribution in [0.1, 0.15) is 12.8 Å². The van der Waals surface area contributed by atoms with Crippen LogP contribution in [0, 0.1) is 5.92 Å². The van der Waals surface area contributed by atoms with E-state index in [1.807, 2.05) is 30.6 Å². The van der Waals surface area contributed by atoms with Crippen molar-refractivity contribution < 1.29 is 4.74 Å². The maximum atomic E-state index is 6.23. The molecule has 1 aliphatic heterocycles. The van der Waals surface area contributed by atoms with Crippen molar-refractivity contribution in [2.24, 2.45) is 5.92 Å². The number of benzene rings is 2. The van der Waals surface area contributed by atoms with Gasteiger partial charge in [-0.3, -0.25) is 4.98 Å². The van der Waals surface area contributed by atoms with Crippen LogP contribution in [0.15, 0.2) is 67.1 Å². The predicted molar refractivity (Wildman–Crippen MR) is 132 cm³/mol. The minimum absolute atomic E-state index is 0.637. The molecule has 0 amide bonds. The summed E-state index contributed by atoms with van der Waals surface area (Å²) in [4.78, 5) is 7.00. The summed E-state index contributed by atoms with van der Waals surface area (Å²) in [5.41, 5.74) is 5.56. The number of hydrogen-bond acceptors (Lipinski definition) is 3. The molecule has 4 nitrogen and oxygen atoms in total. The van der Waals surface area contributed by atoms with E-state index in [1.54, 1.807) is 7.11 Å². The Morgan fingerprint density at radius 1 is 1.06 bits per heavy atom. The molecule has 32 heavy (non-hydrogen) atoms. The van der Waals surface area contributed by atoms with E-state index in [0.717, 1.165) is 46.1 Å². The standard InChI is InChI=1S/C27H28ClN3O/c1-30-11-5-6-19(16-30)17-31-18-25(24-9-4-10-26(32-2)27(24)31)22-12-21(14-29-15-22)20-7-3-8-23(28)13-20/h3-4,7-10,12-15,18-19H,5-6,11,16-17H2,1-2H3. The first-order valence-corrected chi connectivity index (χ1v) is 11.6. The smallest absolute Gasteiger partial charge is 0.143 e. The second kappa shape index (κ2) is 8.97. The number of aromatic nitrogens is 2. The lowest BCUT2D eigenvalue weighted by Gasteiger charge is -2.30. The van der Waals surface area contributed by atoms with Crippen molar-refractivity contribution in [2.45, 2.75) is 19.4 Å². The number of likely N-dealkylation sites (tertiary alicyclic amines) is 1. The second-order valence-electron chi connectivity index (χ2n) is 8.79. The van der Waals surface area contributed by atoms with Crippen LogP contribution in [0.3, 0.4) is 0 Å². The fourth-order valence-corrected chi connectivity index (χ4v) is 5.17. The van der Waals surface area contributed by atoms with Gasteiger partial charge in [0.1, 0.15) is 5.75 Å². The Balaban J connectivity index is 1.60. The third kappa shape index (κ3) is 4.13. The molecule has 5 heteroatoms. The molecule has 4 aromatic rings. The first-order chi connectivity index (χ1) is 15.6. The fraction of sp³-hybridized carbons (Fsp3) is 0.296.